The molecule has 1 amide bonds. The zero-order valence-corrected chi connectivity index (χ0v) is 10.2. The van der Waals surface area contributed by atoms with Gasteiger partial charge in [0.15, 0.2) is 0 Å². The van der Waals surface area contributed by atoms with Crippen LogP contribution in [0.3, 0.4) is 0 Å². The highest BCUT2D eigenvalue weighted by molar-refractivity contribution is 6.34. The Labute approximate surface area is 108 Å². The number of amides is 1. The maximum Gasteiger partial charge on any atom is 0.303 e. The van der Waals surface area contributed by atoms with Crippen molar-refractivity contribution in [3.8, 4) is 0 Å². The molecule has 0 saturated carbocycles. The predicted octanol–water partition coefficient (Wildman–Crippen LogP) is 2.03. The molecular weight excluding hydrogens is 261 g/mol. The van der Waals surface area contributed by atoms with Gasteiger partial charge in [0.1, 0.15) is 5.82 Å². The lowest BCUT2D eigenvalue weighted by molar-refractivity contribution is -0.139. The second-order valence-electron chi connectivity index (χ2n) is 4.28. The first-order valence-electron chi connectivity index (χ1n) is 5.44. The van der Waals surface area contributed by atoms with Crippen LogP contribution in [0.4, 0.5) is 4.39 Å². The minimum Gasteiger partial charge on any atom is -0.481 e. The number of carboxylic acids is 1. The molecule has 1 N–H and O–H groups in total. The smallest absolute Gasteiger partial charge is 0.303 e. The number of hydrogen-bond acceptors (Lipinski definition) is 2. The van der Waals surface area contributed by atoms with E-state index in [1.165, 1.54) is 23.1 Å². The SMILES string of the molecule is O=C(O)CC1CN(C(=O)c2cccc(F)c2Cl)C1. The number of halogens is 2. The molecule has 1 saturated heterocycles. The van der Waals surface area contributed by atoms with Crippen LogP contribution in [0.5, 0.6) is 0 Å². The Morgan fingerprint density at radius 1 is 1.44 bits per heavy atom. The summed E-state index contributed by atoms with van der Waals surface area (Å²) in [7, 11) is 0. The third-order valence-corrected chi connectivity index (χ3v) is 3.27. The molecule has 1 aliphatic rings. The molecule has 0 spiro atoms. The number of carboxylic acid groups (broad SMARTS) is 1. The summed E-state index contributed by atoms with van der Waals surface area (Å²) in [5, 5.41) is 8.41. The highest BCUT2D eigenvalue weighted by Crippen LogP contribution is 2.26. The number of rotatable bonds is 3. The van der Waals surface area contributed by atoms with Crippen LogP contribution >= 0.6 is 11.6 Å². The fraction of sp³-hybridized carbons (Fsp3) is 0.333. The molecule has 2 rings (SSSR count). The zero-order valence-electron chi connectivity index (χ0n) is 9.40. The monoisotopic (exact) mass is 271 g/mol. The summed E-state index contributed by atoms with van der Waals surface area (Å²) in [5.41, 5.74) is 0.116. The Morgan fingerprint density at radius 2 is 2.11 bits per heavy atom. The van der Waals surface area contributed by atoms with Gasteiger partial charge in [-0.2, -0.15) is 0 Å². The molecule has 1 fully saturated rings. The van der Waals surface area contributed by atoms with Gasteiger partial charge in [-0.25, -0.2) is 4.39 Å². The summed E-state index contributed by atoms with van der Waals surface area (Å²) < 4.78 is 13.2. The minimum absolute atomic E-state index is 0.0289. The van der Waals surface area contributed by atoms with Crippen molar-refractivity contribution < 1.29 is 19.1 Å². The summed E-state index contributed by atoms with van der Waals surface area (Å²) in [6.45, 7) is 0.746. The highest BCUT2D eigenvalue weighted by atomic mass is 35.5. The van der Waals surface area contributed by atoms with E-state index in [2.05, 4.69) is 0 Å². The number of hydrogen-bond donors (Lipinski definition) is 1. The molecule has 4 nitrogen and oxygen atoms in total. The van der Waals surface area contributed by atoms with Gasteiger partial charge in [-0.1, -0.05) is 17.7 Å². The van der Waals surface area contributed by atoms with E-state index in [1.54, 1.807) is 0 Å². The van der Waals surface area contributed by atoms with Gasteiger partial charge in [-0.3, -0.25) is 9.59 Å². The van der Waals surface area contributed by atoms with Crippen LogP contribution in [-0.4, -0.2) is 35.0 Å². The van der Waals surface area contributed by atoms with Crippen molar-refractivity contribution in [3.05, 3.63) is 34.6 Å². The average molecular weight is 272 g/mol. The Balaban J connectivity index is 2.02. The van der Waals surface area contributed by atoms with Gasteiger partial charge in [-0.05, 0) is 12.1 Å². The molecule has 6 heteroatoms. The zero-order chi connectivity index (χ0) is 13.3. The molecule has 1 heterocycles. The van der Waals surface area contributed by atoms with Crippen molar-refractivity contribution >= 4 is 23.5 Å². The van der Waals surface area contributed by atoms with Crippen molar-refractivity contribution in [2.45, 2.75) is 6.42 Å². The first kappa shape index (κ1) is 12.8. The Hall–Kier alpha value is -1.62. The van der Waals surface area contributed by atoms with Gasteiger partial charge < -0.3 is 10.0 Å². The van der Waals surface area contributed by atoms with E-state index >= 15 is 0 Å². The average Bonchev–Trinajstić information content (AvgIpc) is 2.25. The molecule has 0 atom stereocenters. The largest absolute Gasteiger partial charge is 0.481 e. The molecule has 1 aromatic carbocycles. The topological polar surface area (TPSA) is 57.6 Å². The number of likely N-dealkylation sites (tertiary alicyclic amines) is 1. The van der Waals surface area contributed by atoms with E-state index < -0.39 is 11.8 Å². The van der Waals surface area contributed by atoms with E-state index in [0.29, 0.717) is 13.1 Å². The summed E-state index contributed by atoms with van der Waals surface area (Å²) in [4.78, 5) is 23.9. The van der Waals surface area contributed by atoms with E-state index in [4.69, 9.17) is 16.7 Å². The fourth-order valence-electron chi connectivity index (χ4n) is 1.95. The van der Waals surface area contributed by atoms with Crippen LogP contribution in [0.15, 0.2) is 18.2 Å². The lowest BCUT2D eigenvalue weighted by atomic mass is 9.95. The van der Waals surface area contributed by atoms with Crippen LogP contribution < -0.4 is 0 Å². The first-order valence-corrected chi connectivity index (χ1v) is 5.82. The summed E-state index contributed by atoms with van der Waals surface area (Å²) >= 11 is 5.72. The van der Waals surface area contributed by atoms with E-state index in [1.807, 2.05) is 0 Å². The van der Waals surface area contributed by atoms with E-state index in [-0.39, 0.29) is 28.8 Å². The maximum absolute atomic E-state index is 13.2. The quantitative estimate of drug-likeness (QED) is 0.915. The van der Waals surface area contributed by atoms with Gasteiger partial charge in [0, 0.05) is 19.0 Å². The maximum atomic E-state index is 13.2. The third-order valence-electron chi connectivity index (χ3n) is 2.89. The molecule has 0 aliphatic carbocycles. The van der Waals surface area contributed by atoms with E-state index in [0.717, 1.165) is 0 Å². The Bertz CT molecular complexity index is 500. The van der Waals surface area contributed by atoms with Gasteiger partial charge in [0.2, 0.25) is 0 Å². The van der Waals surface area contributed by atoms with Crippen molar-refractivity contribution in [1.29, 1.82) is 0 Å². The molecular formula is C12H11ClFNO3. The minimum atomic E-state index is -0.879. The molecule has 1 aromatic rings. The fourth-order valence-corrected chi connectivity index (χ4v) is 2.16. The Morgan fingerprint density at radius 3 is 2.72 bits per heavy atom. The van der Waals surface area contributed by atoms with Gasteiger partial charge in [0.25, 0.3) is 5.91 Å². The normalized spacial score (nSPS) is 15.3. The first-order chi connectivity index (χ1) is 8.49. The predicted molar refractivity (Wildman–Crippen MR) is 63.1 cm³/mol. The molecule has 1 aliphatic heterocycles. The van der Waals surface area contributed by atoms with Gasteiger partial charge in [-0.15, -0.1) is 0 Å². The van der Waals surface area contributed by atoms with Gasteiger partial charge in [0.05, 0.1) is 17.0 Å². The second-order valence-corrected chi connectivity index (χ2v) is 4.65. The molecule has 18 heavy (non-hydrogen) atoms. The third kappa shape index (κ3) is 2.46. The van der Waals surface area contributed by atoms with Crippen LogP contribution in [0.2, 0.25) is 5.02 Å². The van der Waals surface area contributed by atoms with Crippen LogP contribution in [0, 0.1) is 11.7 Å². The van der Waals surface area contributed by atoms with Gasteiger partial charge >= 0.3 is 5.97 Å². The lowest BCUT2D eigenvalue weighted by Crippen LogP contribution is -2.50. The van der Waals surface area contributed by atoms with Crippen molar-refractivity contribution in [1.82, 2.24) is 4.90 Å². The van der Waals surface area contributed by atoms with Crippen LogP contribution in [0.25, 0.3) is 0 Å². The summed E-state index contributed by atoms with van der Waals surface area (Å²) in [5.74, 6) is -1.90. The standard InChI is InChI=1S/C12H11ClFNO3/c13-11-8(2-1-3-9(11)14)12(18)15-5-7(6-15)4-10(16)17/h1-3,7H,4-6H2,(H,16,17). The number of carbonyl (C=O) groups is 2. The number of nitrogens with zero attached hydrogens (tertiary/aromatic N) is 1. The summed E-state index contributed by atoms with van der Waals surface area (Å²) in [6.07, 6.45) is 0.0423. The molecule has 96 valence electrons. The van der Waals surface area contributed by atoms with Crippen LogP contribution in [-0.2, 0) is 4.79 Å². The van der Waals surface area contributed by atoms with Crippen molar-refractivity contribution in [2.24, 2.45) is 5.92 Å². The molecule has 0 unspecified atom stereocenters. The molecule has 0 aromatic heterocycles. The van der Waals surface area contributed by atoms with Crippen LogP contribution in [0.1, 0.15) is 16.8 Å². The van der Waals surface area contributed by atoms with E-state index in [9.17, 15) is 14.0 Å². The molecule has 0 radical (unpaired) electrons. The molecule has 0 bridgehead atoms. The number of benzene rings is 1. The number of carbonyl (C=O) groups excluding carboxylic acids is 1. The Kier molecular flexibility index (Phi) is 3.52. The lowest BCUT2D eigenvalue weighted by Gasteiger charge is -2.38. The summed E-state index contributed by atoms with van der Waals surface area (Å²) in [6, 6.07) is 4.06. The van der Waals surface area contributed by atoms with Crippen molar-refractivity contribution in [2.75, 3.05) is 13.1 Å². The second kappa shape index (κ2) is 4.94. The number of aliphatic carboxylic acids is 1. The highest BCUT2D eigenvalue weighted by Gasteiger charge is 2.33. The van der Waals surface area contributed by atoms with Crippen molar-refractivity contribution in [3.63, 3.8) is 0 Å².